The summed E-state index contributed by atoms with van der Waals surface area (Å²) in [5.74, 6) is -0.561. The summed E-state index contributed by atoms with van der Waals surface area (Å²) in [5.41, 5.74) is 11.0. The number of nitrogens with zero attached hydrogens (tertiary/aromatic N) is 7. The van der Waals surface area contributed by atoms with Crippen molar-refractivity contribution in [2.75, 3.05) is 0 Å². The molecule has 4 heterocycles. The Morgan fingerprint density at radius 2 is 1.32 bits per heavy atom. The first-order chi connectivity index (χ1) is 17.9. The fraction of sp³-hybridized carbons (Fsp3) is 0. The molecule has 0 saturated carbocycles. The normalized spacial score (nSPS) is 10.6. The SMILES string of the molecule is N#Cc1cc2ncc(-c3cccc(Br)c3)cn2n1.NC(=O)c1cc2ncc(-c3cccc(Br)c3)cn2n1. The van der Waals surface area contributed by atoms with E-state index in [1.807, 2.05) is 67.0 Å². The summed E-state index contributed by atoms with van der Waals surface area (Å²) in [6.45, 7) is 0. The third-order valence-corrected chi connectivity index (χ3v) is 6.30. The van der Waals surface area contributed by atoms with Gasteiger partial charge < -0.3 is 5.73 Å². The summed E-state index contributed by atoms with van der Waals surface area (Å²) in [6, 6.07) is 21.0. The van der Waals surface area contributed by atoms with Gasteiger partial charge in [0.25, 0.3) is 5.91 Å². The second-order valence-electron chi connectivity index (χ2n) is 7.85. The summed E-state index contributed by atoms with van der Waals surface area (Å²) < 4.78 is 5.17. The summed E-state index contributed by atoms with van der Waals surface area (Å²) in [5, 5.41) is 17.0. The Morgan fingerprint density at radius 1 is 0.784 bits per heavy atom. The van der Waals surface area contributed by atoms with E-state index in [1.54, 1.807) is 33.6 Å². The first-order valence-corrected chi connectivity index (χ1v) is 12.4. The second kappa shape index (κ2) is 10.3. The van der Waals surface area contributed by atoms with Crippen LogP contribution in [0.15, 0.2) is 94.4 Å². The molecule has 9 nitrogen and oxygen atoms in total. The molecule has 2 N–H and O–H groups in total. The van der Waals surface area contributed by atoms with E-state index in [1.165, 1.54) is 0 Å². The van der Waals surface area contributed by atoms with Gasteiger partial charge in [-0.3, -0.25) is 4.79 Å². The highest BCUT2D eigenvalue weighted by atomic mass is 79.9. The lowest BCUT2D eigenvalue weighted by Gasteiger charge is -2.02. The zero-order valence-electron chi connectivity index (χ0n) is 19.0. The van der Waals surface area contributed by atoms with E-state index in [4.69, 9.17) is 11.0 Å². The number of rotatable bonds is 3. The van der Waals surface area contributed by atoms with Gasteiger partial charge >= 0.3 is 0 Å². The number of nitrogens with two attached hydrogens (primary N) is 1. The lowest BCUT2D eigenvalue weighted by atomic mass is 10.1. The number of carbonyl (C=O) groups excluding carboxylic acids is 1. The fourth-order valence-electron chi connectivity index (χ4n) is 3.56. The molecule has 0 radical (unpaired) electrons. The molecule has 6 rings (SSSR count). The largest absolute Gasteiger partial charge is 0.364 e. The monoisotopic (exact) mass is 614 g/mol. The van der Waals surface area contributed by atoms with E-state index >= 15 is 0 Å². The number of primary amides is 1. The van der Waals surface area contributed by atoms with Crippen LogP contribution in [0.4, 0.5) is 0 Å². The van der Waals surface area contributed by atoms with Gasteiger partial charge in [0, 0.05) is 57.0 Å². The van der Waals surface area contributed by atoms with Crippen LogP contribution in [0.25, 0.3) is 33.5 Å². The topological polar surface area (TPSA) is 127 Å². The van der Waals surface area contributed by atoms with Gasteiger partial charge in [-0.05, 0) is 35.4 Å². The van der Waals surface area contributed by atoms with Gasteiger partial charge in [-0.1, -0.05) is 56.1 Å². The van der Waals surface area contributed by atoms with Crippen LogP contribution in [-0.4, -0.2) is 35.1 Å². The molecular formula is C26H16Br2N8O. The van der Waals surface area contributed by atoms with Gasteiger partial charge in [-0.2, -0.15) is 15.5 Å². The smallest absolute Gasteiger partial charge is 0.269 e. The Bertz CT molecular complexity index is 1820. The van der Waals surface area contributed by atoms with Crippen LogP contribution in [0.5, 0.6) is 0 Å². The standard InChI is InChI=1S/C13H9BrN4O.C13H7BrN4/c14-10-3-1-2-8(4-10)9-6-16-12-5-11(13(15)19)17-18(12)7-9;14-11-3-1-2-9(4-11)10-7-16-13-5-12(6-15)17-18(13)8-10/h1-7H,(H2,15,19);1-5,7-8H. The molecule has 0 aliphatic rings. The number of hydrogen-bond acceptors (Lipinski definition) is 6. The molecule has 0 aliphatic heterocycles. The van der Waals surface area contributed by atoms with Crippen molar-refractivity contribution in [3.63, 3.8) is 0 Å². The average molecular weight is 616 g/mol. The Balaban J connectivity index is 0.000000152. The number of benzene rings is 2. The lowest BCUT2D eigenvalue weighted by Crippen LogP contribution is -2.11. The van der Waals surface area contributed by atoms with E-state index in [2.05, 4.69) is 52.0 Å². The molecular weight excluding hydrogens is 600 g/mol. The molecule has 0 aliphatic carbocycles. The molecule has 180 valence electrons. The summed E-state index contributed by atoms with van der Waals surface area (Å²) in [7, 11) is 0. The van der Waals surface area contributed by atoms with Crippen LogP contribution < -0.4 is 5.73 Å². The van der Waals surface area contributed by atoms with E-state index in [-0.39, 0.29) is 5.69 Å². The molecule has 0 atom stereocenters. The Kier molecular flexibility index (Phi) is 6.76. The molecule has 0 bridgehead atoms. The van der Waals surface area contributed by atoms with Gasteiger partial charge in [0.15, 0.2) is 22.7 Å². The molecule has 0 unspecified atom stereocenters. The third kappa shape index (κ3) is 5.40. The van der Waals surface area contributed by atoms with Crippen molar-refractivity contribution in [1.82, 2.24) is 29.2 Å². The highest BCUT2D eigenvalue weighted by Crippen LogP contribution is 2.23. The van der Waals surface area contributed by atoms with Gasteiger partial charge in [-0.15, -0.1) is 0 Å². The van der Waals surface area contributed by atoms with Gasteiger partial charge in [0.1, 0.15) is 6.07 Å². The lowest BCUT2D eigenvalue weighted by molar-refractivity contribution is 0.0995. The van der Waals surface area contributed by atoms with E-state index in [0.29, 0.717) is 17.0 Å². The van der Waals surface area contributed by atoms with E-state index in [9.17, 15) is 4.79 Å². The zero-order valence-corrected chi connectivity index (χ0v) is 22.1. The molecule has 6 aromatic rings. The van der Waals surface area contributed by atoms with Gasteiger partial charge in [0.2, 0.25) is 0 Å². The molecule has 2 aromatic carbocycles. The Labute approximate surface area is 227 Å². The minimum Gasteiger partial charge on any atom is -0.364 e. The van der Waals surface area contributed by atoms with Gasteiger partial charge in [0.05, 0.1) is 0 Å². The van der Waals surface area contributed by atoms with Crippen LogP contribution >= 0.6 is 31.9 Å². The average Bonchev–Trinajstić information content (AvgIpc) is 3.52. The quantitative estimate of drug-likeness (QED) is 0.288. The number of amides is 1. The maximum Gasteiger partial charge on any atom is 0.269 e. The number of hydrogen-bond donors (Lipinski definition) is 1. The van der Waals surface area contributed by atoms with E-state index < -0.39 is 5.91 Å². The fourth-order valence-corrected chi connectivity index (χ4v) is 4.36. The second-order valence-corrected chi connectivity index (χ2v) is 9.68. The zero-order chi connectivity index (χ0) is 25.9. The highest BCUT2D eigenvalue weighted by Gasteiger charge is 2.09. The maximum atomic E-state index is 11.1. The summed E-state index contributed by atoms with van der Waals surface area (Å²) >= 11 is 6.87. The highest BCUT2D eigenvalue weighted by molar-refractivity contribution is 9.10. The Hall–Kier alpha value is -4.40. The summed E-state index contributed by atoms with van der Waals surface area (Å²) in [4.78, 5) is 19.6. The Morgan fingerprint density at radius 3 is 1.84 bits per heavy atom. The van der Waals surface area contributed by atoms with Crippen LogP contribution in [0.2, 0.25) is 0 Å². The maximum absolute atomic E-state index is 11.1. The molecule has 4 aromatic heterocycles. The minimum absolute atomic E-state index is 0.207. The third-order valence-electron chi connectivity index (χ3n) is 5.31. The molecule has 0 spiro atoms. The van der Waals surface area contributed by atoms with Crippen LogP contribution in [-0.2, 0) is 0 Å². The van der Waals surface area contributed by atoms with Crippen molar-refractivity contribution in [1.29, 1.82) is 5.26 Å². The molecule has 1 amide bonds. The van der Waals surface area contributed by atoms with Crippen molar-refractivity contribution in [3.8, 4) is 28.3 Å². The van der Waals surface area contributed by atoms with Crippen LogP contribution in [0, 0.1) is 11.3 Å². The van der Waals surface area contributed by atoms with Crippen molar-refractivity contribution >= 4 is 49.1 Å². The molecule has 37 heavy (non-hydrogen) atoms. The van der Waals surface area contributed by atoms with E-state index in [0.717, 1.165) is 31.2 Å². The molecule has 0 fully saturated rings. The minimum atomic E-state index is -0.561. The molecule has 0 saturated heterocycles. The summed E-state index contributed by atoms with van der Waals surface area (Å²) in [6.07, 6.45) is 7.20. The van der Waals surface area contributed by atoms with Crippen LogP contribution in [0.1, 0.15) is 16.2 Å². The number of fused-ring (bicyclic) bond motifs is 2. The number of carbonyl (C=O) groups is 1. The first-order valence-electron chi connectivity index (χ1n) is 10.8. The predicted octanol–water partition coefficient (Wildman–Crippen LogP) is 5.29. The number of halogens is 2. The van der Waals surface area contributed by atoms with Gasteiger partial charge in [-0.25, -0.2) is 19.0 Å². The van der Waals surface area contributed by atoms with Crippen molar-refractivity contribution in [2.24, 2.45) is 5.73 Å². The number of nitriles is 1. The first kappa shape index (κ1) is 24.3. The predicted molar refractivity (Wildman–Crippen MR) is 145 cm³/mol. The molecule has 11 heteroatoms. The van der Waals surface area contributed by atoms with Crippen molar-refractivity contribution in [3.05, 3.63) is 106 Å². The van der Waals surface area contributed by atoms with Crippen LogP contribution in [0.3, 0.4) is 0 Å². The van der Waals surface area contributed by atoms with Crippen molar-refractivity contribution in [2.45, 2.75) is 0 Å². The van der Waals surface area contributed by atoms with Crippen molar-refractivity contribution < 1.29 is 4.79 Å². The number of aromatic nitrogens is 6.